The minimum atomic E-state index is -0.521. The van der Waals surface area contributed by atoms with Crippen LogP contribution in [0.15, 0.2) is 79.4 Å². The van der Waals surface area contributed by atoms with E-state index in [0.717, 1.165) is 56.5 Å². The Morgan fingerprint density at radius 2 is 1.69 bits per heavy atom. The van der Waals surface area contributed by atoms with Crippen molar-refractivity contribution in [2.75, 3.05) is 62.8 Å². The topological polar surface area (TPSA) is 151 Å². The highest BCUT2D eigenvalue weighted by Crippen LogP contribution is 2.53. The van der Waals surface area contributed by atoms with Crippen molar-refractivity contribution in [2.24, 2.45) is 17.1 Å². The van der Waals surface area contributed by atoms with E-state index in [4.69, 9.17) is 15.2 Å². The van der Waals surface area contributed by atoms with Crippen molar-refractivity contribution in [1.29, 1.82) is 0 Å². The number of ether oxygens (including phenoxy) is 2. The van der Waals surface area contributed by atoms with Gasteiger partial charge in [-0.3, -0.25) is 24.6 Å². The molecule has 0 bridgehead atoms. The molecule has 12 nitrogen and oxygen atoms in total. The van der Waals surface area contributed by atoms with Crippen LogP contribution in [0.3, 0.4) is 0 Å². The number of nitrogens with zero attached hydrogens (tertiary/aromatic N) is 4. The van der Waals surface area contributed by atoms with Gasteiger partial charge in [-0.25, -0.2) is 4.98 Å². The highest BCUT2D eigenvalue weighted by Gasteiger charge is 2.46. The number of primary amides is 1. The Morgan fingerprint density at radius 1 is 0.967 bits per heavy atom. The first-order valence-corrected chi connectivity index (χ1v) is 22.3. The fourth-order valence-corrected chi connectivity index (χ4v) is 9.28. The lowest BCUT2D eigenvalue weighted by atomic mass is 9.57. The molecule has 12 heteroatoms. The Hall–Kier alpha value is -5.36. The third-order valence-electron chi connectivity index (χ3n) is 12.3. The van der Waals surface area contributed by atoms with E-state index in [1.165, 1.54) is 68.3 Å². The largest absolute Gasteiger partial charge is 0.508 e. The zero-order valence-electron chi connectivity index (χ0n) is 36.9. The van der Waals surface area contributed by atoms with Crippen LogP contribution in [0.2, 0.25) is 0 Å². The highest BCUT2D eigenvalue weighted by molar-refractivity contribution is 5.97. The van der Waals surface area contributed by atoms with Gasteiger partial charge >= 0.3 is 0 Å². The van der Waals surface area contributed by atoms with Crippen molar-refractivity contribution in [1.82, 2.24) is 15.2 Å². The number of imide groups is 1. The second kappa shape index (κ2) is 23.0. The molecule has 9 rings (SSSR count). The maximum atomic E-state index is 11.4. The fourth-order valence-electron chi connectivity index (χ4n) is 9.28. The minimum absolute atomic E-state index is 0.138. The first-order chi connectivity index (χ1) is 29.6. The van der Waals surface area contributed by atoms with Crippen LogP contribution in [0.4, 0.5) is 11.4 Å². The summed E-state index contributed by atoms with van der Waals surface area (Å²) < 4.78 is 11.3. The number of fused-ring (bicyclic) bond motifs is 4. The third-order valence-corrected chi connectivity index (χ3v) is 12.3. The first-order valence-electron chi connectivity index (χ1n) is 22.3. The van der Waals surface area contributed by atoms with Gasteiger partial charge in [0.15, 0.2) is 0 Å². The molecule has 2 aliphatic carbocycles. The van der Waals surface area contributed by atoms with Crippen LogP contribution < -0.4 is 30.3 Å². The van der Waals surface area contributed by atoms with Gasteiger partial charge in [0.1, 0.15) is 29.5 Å². The number of pyridine rings is 1. The molecule has 1 aromatic heterocycles. The van der Waals surface area contributed by atoms with Crippen LogP contribution in [-0.2, 0) is 22.4 Å². The molecule has 5 heterocycles. The van der Waals surface area contributed by atoms with E-state index in [9.17, 15) is 19.5 Å². The number of nitrogens with one attached hydrogen (secondary N) is 1. The van der Waals surface area contributed by atoms with Gasteiger partial charge in [-0.2, -0.15) is 0 Å². The van der Waals surface area contributed by atoms with Crippen molar-refractivity contribution in [3.8, 4) is 17.4 Å². The molecule has 4 fully saturated rings. The molecule has 1 spiro atoms. The standard InChI is InChI=1S/C27H35N5O3.C10H12O.C5H7NO2.C5H8.C2H6/c1-34-22-4-2-3-20(13-22)31-9-7-27(8-10-31)14-19(15-27)16-30-11-12-32-21(17-30)18-35-26-24(32)6-5-23(29-26)25(28)33;11-10-6-5-8-3-1-2-4-9(8)7-10;7-4-2-1-3-5(8)6-4;1-3-5-4-2;1-2/h2-6,13,19,21H,7-12,14-18H2,1H3,(H2,28,33);5-7,11H,1-4H2;1-3H2,(H,6,7,8);3-5H,1H2,2H3;1-2H3/b;;;5-4-;. The lowest BCUT2D eigenvalue weighted by molar-refractivity contribution is -0.132. The molecule has 0 radical (unpaired) electrons. The zero-order valence-corrected chi connectivity index (χ0v) is 36.9. The molecule has 61 heavy (non-hydrogen) atoms. The van der Waals surface area contributed by atoms with Crippen molar-refractivity contribution in [3.63, 3.8) is 0 Å². The van der Waals surface area contributed by atoms with Crippen molar-refractivity contribution < 1.29 is 29.0 Å². The number of aryl methyl sites for hydroxylation is 2. The van der Waals surface area contributed by atoms with Crippen molar-refractivity contribution >= 4 is 29.1 Å². The summed E-state index contributed by atoms with van der Waals surface area (Å²) in [4.78, 5) is 44.0. The summed E-state index contributed by atoms with van der Waals surface area (Å²) in [5.74, 6) is 1.89. The molecule has 330 valence electrons. The predicted octanol–water partition coefficient (Wildman–Crippen LogP) is 7.63. The molecule has 1 unspecified atom stereocenters. The number of phenolic OH excluding ortho intramolecular Hbond substituents is 1. The van der Waals surface area contributed by atoms with Crippen molar-refractivity contribution in [2.45, 2.75) is 97.4 Å². The van der Waals surface area contributed by atoms with E-state index in [1.807, 2.05) is 57.2 Å². The highest BCUT2D eigenvalue weighted by atomic mass is 16.5. The number of carbonyl (C=O) groups is 3. The Balaban J connectivity index is 0.000000219. The number of methoxy groups -OCH3 is 1. The van der Waals surface area contributed by atoms with Gasteiger partial charge < -0.3 is 30.1 Å². The lowest BCUT2D eigenvalue weighted by Gasteiger charge is -2.54. The second-order valence-corrected chi connectivity index (χ2v) is 16.5. The summed E-state index contributed by atoms with van der Waals surface area (Å²) >= 11 is 0. The Morgan fingerprint density at radius 3 is 2.31 bits per heavy atom. The number of nitrogens with two attached hydrogens (primary N) is 1. The lowest BCUT2D eigenvalue weighted by Crippen LogP contribution is -2.59. The molecule has 4 N–H and O–H groups in total. The van der Waals surface area contributed by atoms with Crippen LogP contribution in [-0.4, -0.2) is 91.7 Å². The summed E-state index contributed by atoms with van der Waals surface area (Å²) in [5, 5.41) is 11.4. The smallest absolute Gasteiger partial charge is 0.267 e. The number of aromatic nitrogens is 1. The maximum Gasteiger partial charge on any atom is 0.267 e. The van der Waals surface area contributed by atoms with Crippen LogP contribution in [0.25, 0.3) is 0 Å². The van der Waals surface area contributed by atoms with E-state index < -0.39 is 5.91 Å². The minimum Gasteiger partial charge on any atom is -0.508 e. The number of carbonyl (C=O) groups excluding carboxylic acids is 3. The quantitative estimate of drug-likeness (QED) is 0.167. The van der Waals surface area contributed by atoms with E-state index in [2.05, 4.69) is 49.8 Å². The number of phenols is 1. The normalized spacial score (nSPS) is 20.0. The molecule has 3 amide bonds. The van der Waals surface area contributed by atoms with E-state index in [0.29, 0.717) is 49.0 Å². The summed E-state index contributed by atoms with van der Waals surface area (Å²) in [6.45, 7) is 16.5. The monoisotopic (exact) mass is 837 g/mol. The molecular weight excluding hydrogens is 769 g/mol. The average Bonchev–Trinajstić information content (AvgIpc) is 3.27. The number of benzene rings is 2. The van der Waals surface area contributed by atoms with Crippen LogP contribution in [0.1, 0.15) is 100 Å². The van der Waals surface area contributed by atoms with E-state index >= 15 is 0 Å². The van der Waals surface area contributed by atoms with Gasteiger partial charge in [-0.05, 0) is 124 Å². The first kappa shape index (κ1) is 46.7. The van der Waals surface area contributed by atoms with Crippen LogP contribution in [0.5, 0.6) is 17.4 Å². The molecular formula is C49H68N6O6. The molecule has 2 aromatic carbocycles. The van der Waals surface area contributed by atoms with Crippen LogP contribution >= 0.6 is 0 Å². The second-order valence-electron chi connectivity index (χ2n) is 16.5. The number of amides is 3. The Kier molecular flexibility index (Phi) is 17.6. The van der Waals surface area contributed by atoms with Crippen LogP contribution in [0, 0.1) is 11.3 Å². The Bertz CT molecular complexity index is 1940. The number of hydrogen-bond acceptors (Lipinski definition) is 10. The molecule has 6 aliphatic rings. The number of piperazine rings is 1. The van der Waals surface area contributed by atoms with E-state index in [-0.39, 0.29) is 17.5 Å². The third kappa shape index (κ3) is 13.1. The average molecular weight is 837 g/mol. The maximum absolute atomic E-state index is 11.4. The summed E-state index contributed by atoms with van der Waals surface area (Å²) in [6, 6.07) is 18.1. The molecule has 4 aliphatic heterocycles. The molecule has 3 aromatic rings. The fraction of sp³-hybridized carbons (Fsp3) is 0.510. The number of anilines is 2. The van der Waals surface area contributed by atoms with Gasteiger partial charge in [0.25, 0.3) is 5.91 Å². The zero-order chi connectivity index (χ0) is 43.8. The molecule has 1 saturated carbocycles. The van der Waals surface area contributed by atoms with Gasteiger partial charge in [-0.15, -0.1) is 0 Å². The predicted molar refractivity (Wildman–Crippen MR) is 244 cm³/mol. The number of aromatic hydroxyl groups is 1. The van der Waals surface area contributed by atoms with Gasteiger partial charge in [-0.1, -0.05) is 50.8 Å². The number of allylic oxidation sites excluding steroid dienone is 3. The van der Waals surface area contributed by atoms with Gasteiger partial charge in [0.2, 0.25) is 17.7 Å². The summed E-state index contributed by atoms with van der Waals surface area (Å²) in [7, 11) is 1.73. The van der Waals surface area contributed by atoms with E-state index in [1.54, 1.807) is 25.3 Å². The number of hydrogen-bond donors (Lipinski definition) is 3. The van der Waals surface area contributed by atoms with Gasteiger partial charge in [0.05, 0.1) is 13.2 Å². The molecule has 1 atom stereocenters. The molecule has 3 saturated heterocycles. The number of rotatable bonds is 6. The SMILES string of the molecule is C=C/C=C\C.CC.COc1cccc(N2CCC3(CC2)CC(CN2CCN4c5ccc(C(N)=O)nc5OCC4C2)C3)c1.O=C1CCCC(=O)N1.Oc1ccc2c(c1)CCCC2. The Labute approximate surface area is 363 Å². The summed E-state index contributed by atoms with van der Waals surface area (Å²) in [6.07, 6.45) is 17.5. The number of piperidine rings is 2. The summed E-state index contributed by atoms with van der Waals surface area (Å²) in [5.41, 5.74) is 11.2. The van der Waals surface area contributed by atoms with Gasteiger partial charge in [0, 0.05) is 63.9 Å². The van der Waals surface area contributed by atoms with Crippen molar-refractivity contribution in [3.05, 3.63) is 96.2 Å².